The number of para-hydroxylation sites is 2. The lowest BCUT2D eigenvalue weighted by molar-refractivity contribution is -0.120. The Hall–Kier alpha value is -3.71. The molecular formula is C32H38ClN3O4. The Bertz CT molecular complexity index is 1430. The highest BCUT2D eigenvalue weighted by molar-refractivity contribution is 6.32. The van der Waals surface area contributed by atoms with E-state index in [4.69, 9.17) is 30.8 Å². The minimum Gasteiger partial charge on any atom is -0.493 e. The zero-order valence-electron chi connectivity index (χ0n) is 23.8. The van der Waals surface area contributed by atoms with Crippen molar-refractivity contribution < 1.29 is 19.0 Å². The third-order valence-electron chi connectivity index (χ3n) is 6.94. The number of carbonyl (C=O) groups is 1. The molecule has 3 aromatic carbocycles. The van der Waals surface area contributed by atoms with Gasteiger partial charge in [-0.3, -0.25) is 4.79 Å². The molecule has 1 N–H and O–H groups in total. The maximum Gasteiger partial charge on any atom is 0.224 e. The van der Waals surface area contributed by atoms with Crippen molar-refractivity contribution in [3.8, 4) is 17.2 Å². The summed E-state index contributed by atoms with van der Waals surface area (Å²) in [6.45, 7) is 5.89. The van der Waals surface area contributed by atoms with E-state index in [2.05, 4.69) is 22.0 Å². The first-order valence-corrected chi connectivity index (χ1v) is 14.1. The molecule has 8 heteroatoms. The number of benzene rings is 3. The first-order chi connectivity index (χ1) is 19.4. The Balaban J connectivity index is 1.24. The molecule has 212 valence electrons. The summed E-state index contributed by atoms with van der Waals surface area (Å²) in [5, 5.41) is 3.81. The quantitative estimate of drug-likeness (QED) is 0.178. The largest absolute Gasteiger partial charge is 0.493 e. The first kappa shape index (κ1) is 29.3. The predicted molar refractivity (Wildman–Crippen MR) is 160 cm³/mol. The van der Waals surface area contributed by atoms with Crippen LogP contribution in [-0.2, 0) is 24.2 Å². The summed E-state index contributed by atoms with van der Waals surface area (Å²) >= 11 is 6.30. The van der Waals surface area contributed by atoms with Gasteiger partial charge in [0.25, 0.3) is 0 Å². The highest BCUT2D eigenvalue weighted by atomic mass is 35.5. The van der Waals surface area contributed by atoms with Gasteiger partial charge in [-0.1, -0.05) is 36.2 Å². The van der Waals surface area contributed by atoms with E-state index in [-0.39, 0.29) is 5.91 Å². The Kier molecular flexibility index (Phi) is 10.3. The van der Waals surface area contributed by atoms with E-state index in [0.717, 1.165) is 70.0 Å². The third kappa shape index (κ3) is 7.48. The standard InChI is InChI=1S/C32H38ClN3O4/c1-22-18-25(19-23(2)32(22)33)40-17-16-36-27-11-8-7-10-26(27)35-30(36)12-6-5-9-15-34-31(37)21-24-13-14-28(38-3)29(20-24)39-4/h7-8,10-11,13-14,18-20H,5-6,9,12,15-17,21H2,1-4H3,(H,34,37). The van der Waals surface area contributed by atoms with Gasteiger partial charge in [-0.2, -0.15) is 0 Å². The number of ether oxygens (including phenoxy) is 3. The third-order valence-corrected chi connectivity index (χ3v) is 7.54. The number of carbonyl (C=O) groups excluding carboxylic acids is 1. The smallest absolute Gasteiger partial charge is 0.224 e. The van der Waals surface area contributed by atoms with E-state index in [1.54, 1.807) is 14.2 Å². The van der Waals surface area contributed by atoms with Crippen molar-refractivity contribution in [3.63, 3.8) is 0 Å². The molecule has 0 saturated carbocycles. The Labute approximate surface area is 241 Å². The molecular weight excluding hydrogens is 526 g/mol. The molecule has 0 atom stereocenters. The van der Waals surface area contributed by atoms with Gasteiger partial charge in [0.2, 0.25) is 5.91 Å². The van der Waals surface area contributed by atoms with Gasteiger partial charge in [-0.25, -0.2) is 4.98 Å². The van der Waals surface area contributed by atoms with Crippen molar-refractivity contribution in [2.24, 2.45) is 0 Å². The lowest BCUT2D eigenvalue weighted by Gasteiger charge is -2.13. The molecule has 0 fully saturated rings. The van der Waals surface area contributed by atoms with Crippen LogP contribution in [0.4, 0.5) is 0 Å². The molecule has 0 spiro atoms. The van der Waals surface area contributed by atoms with E-state index < -0.39 is 0 Å². The Morgan fingerprint density at radius 3 is 2.45 bits per heavy atom. The lowest BCUT2D eigenvalue weighted by Crippen LogP contribution is -2.26. The molecule has 7 nitrogen and oxygen atoms in total. The number of rotatable bonds is 14. The normalized spacial score (nSPS) is 11.0. The molecule has 40 heavy (non-hydrogen) atoms. The number of unbranched alkanes of at least 4 members (excludes halogenated alkanes) is 2. The van der Waals surface area contributed by atoms with Crippen LogP contribution in [0.1, 0.15) is 41.8 Å². The average molecular weight is 564 g/mol. The number of methoxy groups -OCH3 is 2. The molecule has 0 aliphatic heterocycles. The number of nitrogens with zero attached hydrogens (tertiary/aromatic N) is 2. The summed E-state index contributed by atoms with van der Waals surface area (Å²) in [4.78, 5) is 17.3. The molecule has 0 aliphatic carbocycles. The second-order valence-electron chi connectivity index (χ2n) is 9.91. The van der Waals surface area contributed by atoms with Crippen molar-refractivity contribution >= 4 is 28.5 Å². The number of nitrogens with one attached hydrogen (secondary N) is 1. The van der Waals surface area contributed by atoms with E-state index in [1.807, 2.05) is 56.3 Å². The molecule has 4 aromatic rings. The predicted octanol–water partition coefficient (Wildman–Crippen LogP) is 6.47. The summed E-state index contributed by atoms with van der Waals surface area (Å²) in [6.07, 6.45) is 4.08. The lowest BCUT2D eigenvalue weighted by atomic mass is 10.1. The number of halogens is 1. The number of hydrogen-bond acceptors (Lipinski definition) is 5. The van der Waals surface area contributed by atoms with E-state index in [0.29, 0.717) is 37.6 Å². The van der Waals surface area contributed by atoms with Crippen LogP contribution in [0.25, 0.3) is 11.0 Å². The molecule has 1 amide bonds. The molecule has 0 saturated heterocycles. The van der Waals surface area contributed by atoms with Crippen LogP contribution < -0.4 is 19.5 Å². The van der Waals surface area contributed by atoms with Crippen LogP contribution in [-0.4, -0.2) is 42.8 Å². The van der Waals surface area contributed by atoms with Gasteiger partial charge < -0.3 is 24.1 Å². The fourth-order valence-corrected chi connectivity index (χ4v) is 4.97. The van der Waals surface area contributed by atoms with Crippen LogP contribution >= 0.6 is 11.6 Å². The second kappa shape index (κ2) is 14.1. The van der Waals surface area contributed by atoms with Crippen LogP contribution in [0, 0.1) is 13.8 Å². The fraction of sp³-hybridized carbons (Fsp3) is 0.375. The monoisotopic (exact) mass is 563 g/mol. The summed E-state index contributed by atoms with van der Waals surface area (Å²) < 4.78 is 18.9. The van der Waals surface area contributed by atoms with Crippen molar-refractivity contribution in [2.75, 3.05) is 27.4 Å². The average Bonchev–Trinajstić information content (AvgIpc) is 3.30. The summed E-state index contributed by atoms with van der Waals surface area (Å²) in [6, 6.07) is 17.7. The minimum absolute atomic E-state index is 0.0000809. The van der Waals surface area contributed by atoms with E-state index >= 15 is 0 Å². The van der Waals surface area contributed by atoms with Crippen molar-refractivity contribution in [3.05, 3.63) is 82.1 Å². The summed E-state index contributed by atoms with van der Waals surface area (Å²) in [5.74, 6) is 3.17. The van der Waals surface area contributed by atoms with Gasteiger partial charge in [-0.15, -0.1) is 0 Å². The van der Waals surface area contributed by atoms with Crippen molar-refractivity contribution in [2.45, 2.75) is 52.5 Å². The summed E-state index contributed by atoms with van der Waals surface area (Å²) in [7, 11) is 3.19. The van der Waals surface area contributed by atoms with Crippen LogP contribution in [0.2, 0.25) is 5.02 Å². The molecule has 0 unspecified atom stereocenters. The number of hydrogen-bond donors (Lipinski definition) is 1. The fourth-order valence-electron chi connectivity index (χ4n) is 4.86. The van der Waals surface area contributed by atoms with Crippen LogP contribution in [0.15, 0.2) is 54.6 Å². The number of amides is 1. The number of aromatic nitrogens is 2. The van der Waals surface area contributed by atoms with Crippen LogP contribution in [0.5, 0.6) is 17.2 Å². The number of imidazole rings is 1. The van der Waals surface area contributed by atoms with Gasteiger partial charge in [0.05, 0.1) is 38.2 Å². The van der Waals surface area contributed by atoms with Gasteiger partial charge >= 0.3 is 0 Å². The minimum atomic E-state index is 0.0000809. The molecule has 1 heterocycles. The van der Waals surface area contributed by atoms with Crippen LogP contribution in [0.3, 0.4) is 0 Å². The topological polar surface area (TPSA) is 74.6 Å². The highest BCUT2D eigenvalue weighted by Crippen LogP contribution is 2.28. The summed E-state index contributed by atoms with van der Waals surface area (Å²) in [5.41, 5.74) is 5.04. The zero-order valence-corrected chi connectivity index (χ0v) is 24.5. The van der Waals surface area contributed by atoms with Gasteiger partial charge in [0, 0.05) is 18.0 Å². The van der Waals surface area contributed by atoms with E-state index in [9.17, 15) is 4.79 Å². The Morgan fingerprint density at radius 2 is 1.70 bits per heavy atom. The molecule has 0 aliphatic rings. The maximum absolute atomic E-state index is 12.4. The molecule has 0 bridgehead atoms. The highest BCUT2D eigenvalue weighted by Gasteiger charge is 2.12. The second-order valence-corrected chi connectivity index (χ2v) is 10.3. The molecule has 4 rings (SSSR count). The molecule has 0 radical (unpaired) electrons. The van der Waals surface area contributed by atoms with Gasteiger partial charge in [-0.05, 0) is 79.8 Å². The maximum atomic E-state index is 12.4. The SMILES string of the molecule is COc1ccc(CC(=O)NCCCCCc2nc3ccccc3n2CCOc2cc(C)c(Cl)c(C)c2)cc1OC. The first-order valence-electron chi connectivity index (χ1n) is 13.7. The van der Waals surface area contributed by atoms with Crippen molar-refractivity contribution in [1.29, 1.82) is 0 Å². The van der Waals surface area contributed by atoms with Gasteiger partial charge in [0.15, 0.2) is 11.5 Å². The molecule has 1 aromatic heterocycles. The zero-order chi connectivity index (χ0) is 28.5. The number of aryl methyl sites for hydroxylation is 3. The number of fused-ring (bicyclic) bond motifs is 1. The van der Waals surface area contributed by atoms with E-state index in [1.165, 1.54) is 0 Å². The van der Waals surface area contributed by atoms with Gasteiger partial charge in [0.1, 0.15) is 18.2 Å². The Morgan fingerprint density at radius 1 is 0.950 bits per heavy atom. The van der Waals surface area contributed by atoms with Crippen molar-refractivity contribution in [1.82, 2.24) is 14.9 Å².